The van der Waals surface area contributed by atoms with Gasteiger partial charge in [0.25, 0.3) is 0 Å². The Balaban J connectivity index is 1.43. The van der Waals surface area contributed by atoms with Crippen molar-refractivity contribution in [2.75, 3.05) is 25.0 Å². The van der Waals surface area contributed by atoms with E-state index < -0.39 is 0 Å². The molecule has 1 aliphatic heterocycles. The van der Waals surface area contributed by atoms with Gasteiger partial charge in [-0.05, 0) is 43.6 Å². The molecule has 1 saturated heterocycles. The highest BCUT2D eigenvalue weighted by Crippen LogP contribution is 2.33. The quantitative estimate of drug-likeness (QED) is 0.670. The lowest BCUT2D eigenvalue weighted by molar-refractivity contribution is -0.126. The lowest BCUT2D eigenvalue weighted by atomic mass is 9.96. The topological polar surface area (TPSA) is 61.4 Å². The molecule has 0 saturated carbocycles. The monoisotopic (exact) mass is 453 g/mol. The van der Waals surface area contributed by atoms with Crippen LogP contribution in [0.15, 0.2) is 42.5 Å². The zero-order valence-corrected chi connectivity index (χ0v) is 18.0. The first-order valence-electron chi connectivity index (χ1n) is 9.41. The van der Waals surface area contributed by atoms with Gasteiger partial charge in [0.1, 0.15) is 0 Å². The Kier molecular flexibility index (Phi) is 7.78. The van der Waals surface area contributed by atoms with E-state index in [2.05, 4.69) is 10.6 Å². The van der Waals surface area contributed by atoms with E-state index in [-0.39, 0.29) is 24.3 Å². The molecule has 3 rings (SSSR count). The maximum atomic E-state index is 12.4. The molecule has 2 amide bonds. The number of benzene rings is 2. The van der Waals surface area contributed by atoms with Crippen LogP contribution in [-0.4, -0.2) is 36.3 Å². The Labute approximate surface area is 185 Å². The van der Waals surface area contributed by atoms with Gasteiger partial charge in [-0.25, -0.2) is 0 Å². The van der Waals surface area contributed by atoms with Gasteiger partial charge in [0.15, 0.2) is 0 Å². The first kappa shape index (κ1) is 21.9. The molecule has 2 aromatic rings. The number of nitrogens with zero attached hydrogens (tertiary/aromatic N) is 1. The van der Waals surface area contributed by atoms with Gasteiger partial charge < -0.3 is 10.6 Å². The van der Waals surface area contributed by atoms with E-state index in [0.717, 1.165) is 18.4 Å². The van der Waals surface area contributed by atoms with Crippen LogP contribution in [-0.2, 0) is 16.1 Å². The Bertz CT molecular complexity index is 846. The number of piperidine rings is 1. The summed E-state index contributed by atoms with van der Waals surface area (Å²) in [5.74, 6) is -0.168. The minimum Gasteiger partial charge on any atom is -0.352 e. The van der Waals surface area contributed by atoms with E-state index in [9.17, 15) is 9.59 Å². The lowest BCUT2D eigenvalue weighted by Gasteiger charge is -2.30. The van der Waals surface area contributed by atoms with Gasteiger partial charge in [-0.3, -0.25) is 14.5 Å². The summed E-state index contributed by atoms with van der Waals surface area (Å²) in [5, 5.41) is 6.74. The third kappa shape index (κ3) is 6.34. The number of carbonyl (C=O) groups excluding carboxylic acids is 2. The number of amides is 2. The normalized spacial score (nSPS) is 15.1. The van der Waals surface area contributed by atoms with Crippen LogP contribution in [0.25, 0.3) is 0 Å². The fourth-order valence-electron chi connectivity index (χ4n) is 3.33. The van der Waals surface area contributed by atoms with E-state index in [1.807, 2.05) is 35.2 Å². The SMILES string of the molecule is O=C(CN1CCC(C(=O)NCc2ccccc2)CC1)Nc1c(Cl)cc(Cl)cc1Cl. The molecule has 0 unspecified atom stereocenters. The molecule has 5 nitrogen and oxygen atoms in total. The Morgan fingerprint density at radius 3 is 2.24 bits per heavy atom. The van der Waals surface area contributed by atoms with Gasteiger partial charge in [0.2, 0.25) is 11.8 Å². The van der Waals surface area contributed by atoms with Crippen LogP contribution in [0, 0.1) is 5.92 Å². The van der Waals surface area contributed by atoms with Crippen molar-refractivity contribution in [2.24, 2.45) is 5.92 Å². The number of halogens is 3. The van der Waals surface area contributed by atoms with Gasteiger partial charge in [-0.1, -0.05) is 65.1 Å². The van der Waals surface area contributed by atoms with Crippen molar-refractivity contribution in [3.05, 3.63) is 63.1 Å². The van der Waals surface area contributed by atoms with E-state index >= 15 is 0 Å². The van der Waals surface area contributed by atoms with Gasteiger partial charge >= 0.3 is 0 Å². The van der Waals surface area contributed by atoms with Gasteiger partial charge in [0.05, 0.1) is 22.3 Å². The summed E-state index contributed by atoms with van der Waals surface area (Å²) in [6, 6.07) is 12.9. The first-order chi connectivity index (χ1) is 13.9. The molecule has 0 aliphatic carbocycles. The second-order valence-electron chi connectivity index (χ2n) is 7.05. The van der Waals surface area contributed by atoms with Crippen LogP contribution in [0.2, 0.25) is 15.1 Å². The summed E-state index contributed by atoms with van der Waals surface area (Å²) in [6.07, 6.45) is 1.44. The maximum absolute atomic E-state index is 12.4. The third-order valence-corrected chi connectivity index (χ3v) is 5.72. The fourth-order valence-corrected chi connectivity index (χ4v) is 4.24. The van der Waals surface area contributed by atoms with Gasteiger partial charge in [0, 0.05) is 17.5 Å². The molecule has 1 heterocycles. The predicted molar refractivity (Wildman–Crippen MR) is 118 cm³/mol. The molecule has 0 atom stereocenters. The largest absolute Gasteiger partial charge is 0.352 e. The average Bonchev–Trinajstić information content (AvgIpc) is 2.70. The smallest absolute Gasteiger partial charge is 0.238 e. The lowest BCUT2D eigenvalue weighted by Crippen LogP contribution is -2.43. The van der Waals surface area contributed by atoms with Crippen molar-refractivity contribution in [3.63, 3.8) is 0 Å². The number of carbonyl (C=O) groups is 2. The molecule has 154 valence electrons. The summed E-state index contributed by atoms with van der Waals surface area (Å²) in [4.78, 5) is 26.8. The summed E-state index contributed by atoms with van der Waals surface area (Å²) < 4.78 is 0. The molecule has 0 bridgehead atoms. The fraction of sp³-hybridized carbons (Fsp3) is 0.333. The minimum absolute atomic E-state index is 0.0295. The van der Waals surface area contributed by atoms with Crippen molar-refractivity contribution in [3.8, 4) is 0 Å². The van der Waals surface area contributed by atoms with E-state index in [1.165, 1.54) is 12.1 Å². The molecule has 0 radical (unpaired) electrons. The number of anilines is 1. The van der Waals surface area contributed by atoms with Crippen molar-refractivity contribution >= 4 is 52.3 Å². The molecule has 1 aliphatic rings. The molecular weight excluding hydrogens is 433 g/mol. The molecule has 29 heavy (non-hydrogen) atoms. The van der Waals surface area contributed by atoms with Gasteiger partial charge in [-0.15, -0.1) is 0 Å². The zero-order valence-electron chi connectivity index (χ0n) is 15.8. The highest BCUT2D eigenvalue weighted by molar-refractivity contribution is 6.42. The second-order valence-corrected chi connectivity index (χ2v) is 8.30. The molecular formula is C21H22Cl3N3O2. The third-order valence-electron chi connectivity index (χ3n) is 4.91. The first-order valence-corrected chi connectivity index (χ1v) is 10.5. The number of nitrogens with one attached hydrogen (secondary N) is 2. The second kappa shape index (κ2) is 10.3. The average molecular weight is 455 g/mol. The Morgan fingerprint density at radius 2 is 1.62 bits per heavy atom. The number of hydrogen-bond acceptors (Lipinski definition) is 3. The highest BCUT2D eigenvalue weighted by Gasteiger charge is 2.26. The van der Waals surface area contributed by atoms with Crippen molar-refractivity contribution < 1.29 is 9.59 Å². The molecule has 8 heteroatoms. The standard InChI is InChI=1S/C21H22Cl3N3O2/c22-16-10-17(23)20(18(24)11-16)26-19(28)13-27-8-6-15(7-9-27)21(29)25-12-14-4-2-1-3-5-14/h1-5,10-11,15H,6-9,12-13H2,(H,25,29)(H,26,28). The molecule has 2 aromatic carbocycles. The van der Waals surface area contributed by atoms with Crippen LogP contribution in [0.1, 0.15) is 18.4 Å². The molecule has 0 spiro atoms. The van der Waals surface area contributed by atoms with Crippen LogP contribution < -0.4 is 10.6 Å². The number of likely N-dealkylation sites (tertiary alicyclic amines) is 1. The van der Waals surface area contributed by atoms with Crippen LogP contribution >= 0.6 is 34.8 Å². The molecule has 2 N–H and O–H groups in total. The predicted octanol–water partition coefficient (Wildman–Crippen LogP) is 4.61. The van der Waals surface area contributed by atoms with Crippen molar-refractivity contribution in [1.82, 2.24) is 10.2 Å². The van der Waals surface area contributed by atoms with E-state index in [1.54, 1.807) is 0 Å². The van der Waals surface area contributed by atoms with Gasteiger partial charge in [-0.2, -0.15) is 0 Å². The summed E-state index contributed by atoms with van der Waals surface area (Å²) >= 11 is 18.1. The van der Waals surface area contributed by atoms with E-state index in [0.29, 0.717) is 40.4 Å². The summed E-state index contributed by atoms with van der Waals surface area (Å²) in [6.45, 7) is 2.11. The van der Waals surface area contributed by atoms with Crippen LogP contribution in [0.3, 0.4) is 0 Å². The van der Waals surface area contributed by atoms with Crippen molar-refractivity contribution in [1.29, 1.82) is 0 Å². The summed E-state index contributed by atoms with van der Waals surface area (Å²) in [5.41, 5.74) is 1.44. The highest BCUT2D eigenvalue weighted by atomic mass is 35.5. The molecule has 1 fully saturated rings. The van der Waals surface area contributed by atoms with Crippen LogP contribution in [0.4, 0.5) is 5.69 Å². The zero-order chi connectivity index (χ0) is 20.8. The minimum atomic E-state index is -0.205. The molecule has 0 aromatic heterocycles. The maximum Gasteiger partial charge on any atom is 0.238 e. The summed E-state index contributed by atoms with van der Waals surface area (Å²) in [7, 11) is 0. The van der Waals surface area contributed by atoms with E-state index in [4.69, 9.17) is 34.8 Å². The number of rotatable bonds is 6. The van der Waals surface area contributed by atoms with Crippen LogP contribution in [0.5, 0.6) is 0 Å². The number of hydrogen-bond donors (Lipinski definition) is 2. The Hall–Kier alpha value is -1.79. The Morgan fingerprint density at radius 1 is 1.00 bits per heavy atom. The van der Waals surface area contributed by atoms with Crippen molar-refractivity contribution in [2.45, 2.75) is 19.4 Å².